The van der Waals surface area contributed by atoms with E-state index in [1.807, 2.05) is 18.2 Å². The normalized spacial score (nSPS) is 11.0. The van der Waals surface area contributed by atoms with Crippen molar-refractivity contribution in [3.05, 3.63) is 30.3 Å². The van der Waals surface area contributed by atoms with E-state index >= 15 is 0 Å². The highest BCUT2D eigenvalue weighted by atomic mass is 32.1. The van der Waals surface area contributed by atoms with Crippen molar-refractivity contribution in [3.63, 3.8) is 0 Å². The maximum Gasteiger partial charge on any atom is 0.179 e. The van der Waals surface area contributed by atoms with Crippen LogP contribution in [0.1, 0.15) is 0 Å². The third-order valence-corrected chi connectivity index (χ3v) is 3.48. The van der Waals surface area contributed by atoms with Gasteiger partial charge in [-0.05, 0) is 17.5 Å². The van der Waals surface area contributed by atoms with Crippen LogP contribution < -0.4 is 5.73 Å². The molecule has 2 heterocycles. The molecule has 3 rings (SSSR count). The van der Waals surface area contributed by atoms with Gasteiger partial charge in [-0.2, -0.15) is 0 Å². The van der Waals surface area contributed by atoms with E-state index < -0.39 is 0 Å². The molecule has 0 unspecified atom stereocenters. The molecule has 5 heteroatoms. The minimum absolute atomic E-state index is 0.279. The summed E-state index contributed by atoms with van der Waals surface area (Å²) in [4.78, 5) is 0.903. The number of hydrogen-bond donors (Lipinski definition) is 2. The molecule has 0 spiro atoms. The zero-order valence-corrected chi connectivity index (χ0v) is 8.99. The first-order valence-electron chi connectivity index (χ1n) is 4.68. The highest BCUT2D eigenvalue weighted by Crippen LogP contribution is 2.38. The summed E-state index contributed by atoms with van der Waals surface area (Å²) >= 11 is 1.45. The average molecular weight is 232 g/mol. The van der Waals surface area contributed by atoms with Gasteiger partial charge in [-0.15, -0.1) is 11.3 Å². The predicted molar refractivity (Wildman–Crippen MR) is 63.4 cm³/mol. The van der Waals surface area contributed by atoms with Crippen molar-refractivity contribution < 1.29 is 9.63 Å². The van der Waals surface area contributed by atoms with Crippen LogP contribution in [0.5, 0.6) is 5.75 Å². The number of nitrogen functional groups attached to an aromatic ring is 1. The van der Waals surface area contributed by atoms with Crippen LogP contribution in [0, 0.1) is 0 Å². The van der Waals surface area contributed by atoms with E-state index in [4.69, 9.17) is 10.3 Å². The number of thiophene rings is 1. The van der Waals surface area contributed by atoms with E-state index in [0.717, 1.165) is 15.0 Å². The molecule has 0 aliphatic rings. The highest BCUT2D eigenvalue weighted by molar-refractivity contribution is 7.22. The third kappa shape index (κ3) is 1.33. The number of aromatic nitrogens is 1. The summed E-state index contributed by atoms with van der Waals surface area (Å²) in [5.74, 6) is 1.26. The first-order valence-corrected chi connectivity index (χ1v) is 5.50. The molecule has 0 aliphatic heterocycles. The molecule has 0 atom stereocenters. The number of phenolic OH excluding ortho intramolecular Hbond substituents is 1. The summed E-state index contributed by atoms with van der Waals surface area (Å²) < 4.78 is 5.91. The van der Waals surface area contributed by atoms with Crippen molar-refractivity contribution in [2.24, 2.45) is 0 Å². The quantitative estimate of drug-likeness (QED) is 0.676. The Balaban J connectivity index is 2.22. The molecule has 0 bridgehead atoms. The fourth-order valence-electron chi connectivity index (χ4n) is 1.57. The smallest absolute Gasteiger partial charge is 0.179 e. The second-order valence-corrected chi connectivity index (χ2v) is 4.47. The molecule has 0 aliphatic carbocycles. The number of nitrogens with two attached hydrogens (primary N) is 1. The molecule has 2 aromatic heterocycles. The lowest BCUT2D eigenvalue weighted by atomic mass is 10.2. The summed E-state index contributed by atoms with van der Waals surface area (Å²) in [5.41, 5.74) is 5.49. The maximum atomic E-state index is 9.68. The molecular weight excluding hydrogens is 224 g/mol. The maximum absolute atomic E-state index is 9.68. The van der Waals surface area contributed by atoms with Gasteiger partial charge in [0.15, 0.2) is 11.6 Å². The Labute approximate surface area is 94.9 Å². The van der Waals surface area contributed by atoms with Crippen molar-refractivity contribution in [1.82, 2.24) is 5.16 Å². The Kier molecular flexibility index (Phi) is 1.87. The summed E-state index contributed by atoms with van der Waals surface area (Å²) in [6.07, 6.45) is 0. The van der Waals surface area contributed by atoms with Crippen LogP contribution in [0.2, 0.25) is 0 Å². The number of aromatic hydroxyl groups is 1. The molecule has 0 saturated heterocycles. The first-order chi connectivity index (χ1) is 7.74. The van der Waals surface area contributed by atoms with Gasteiger partial charge in [-0.3, -0.25) is 0 Å². The van der Waals surface area contributed by atoms with Gasteiger partial charge in [0.05, 0.1) is 9.58 Å². The van der Waals surface area contributed by atoms with E-state index in [-0.39, 0.29) is 5.75 Å². The van der Waals surface area contributed by atoms with Crippen LogP contribution in [-0.2, 0) is 0 Å². The van der Waals surface area contributed by atoms with Crippen LogP contribution in [0.3, 0.4) is 0 Å². The zero-order valence-electron chi connectivity index (χ0n) is 8.18. The lowest BCUT2D eigenvalue weighted by Crippen LogP contribution is -1.79. The lowest BCUT2D eigenvalue weighted by molar-refractivity contribution is 0.436. The van der Waals surface area contributed by atoms with E-state index in [1.165, 1.54) is 11.3 Å². The number of rotatable bonds is 1. The van der Waals surface area contributed by atoms with Crippen molar-refractivity contribution in [2.45, 2.75) is 0 Å². The van der Waals surface area contributed by atoms with E-state index in [2.05, 4.69) is 5.16 Å². The molecule has 80 valence electrons. The fraction of sp³-hybridized carbons (Fsp3) is 0. The Bertz CT molecular complexity index is 657. The molecule has 0 radical (unpaired) electrons. The van der Waals surface area contributed by atoms with Crippen molar-refractivity contribution in [1.29, 1.82) is 0 Å². The summed E-state index contributed by atoms with van der Waals surface area (Å²) in [5, 5.41) is 14.3. The van der Waals surface area contributed by atoms with Gasteiger partial charge < -0.3 is 15.4 Å². The standard InChI is InChI=1S/C11H8N2O2S/c12-10-5-8(15-13-10)9-4-6-2-1-3-7(14)11(6)16-9/h1-5,14H,(H2,12,13). The van der Waals surface area contributed by atoms with Gasteiger partial charge in [-0.25, -0.2) is 0 Å². The third-order valence-electron chi connectivity index (χ3n) is 2.29. The molecule has 3 N–H and O–H groups in total. The molecule has 0 saturated carbocycles. The molecule has 0 fully saturated rings. The monoisotopic (exact) mass is 232 g/mol. The van der Waals surface area contributed by atoms with E-state index in [9.17, 15) is 5.11 Å². The molecular formula is C11H8N2O2S. The zero-order chi connectivity index (χ0) is 11.1. The Morgan fingerprint density at radius 2 is 2.19 bits per heavy atom. The fourth-order valence-corrected chi connectivity index (χ4v) is 2.59. The van der Waals surface area contributed by atoms with E-state index in [0.29, 0.717) is 11.6 Å². The minimum atomic E-state index is 0.279. The van der Waals surface area contributed by atoms with Crippen molar-refractivity contribution >= 4 is 27.2 Å². The van der Waals surface area contributed by atoms with Gasteiger partial charge in [0.1, 0.15) is 5.75 Å². The topological polar surface area (TPSA) is 72.3 Å². The molecule has 1 aromatic carbocycles. The molecule has 16 heavy (non-hydrogen) atoms. The number of fused-ring (bicyclic) bond motifs is 1. The van der Waals surface area contributed by atoms with Gasteiger partial charge in [-0.1, -0.05) is 17.3 Å². The SMILES string of the molecule is Nc1cc(-c2cc3cccc(O)c3s2)on1. The minimum Gasteiger partial charge on any atom is -0.506 e. The molecule has 0 amide bonds. The Morgan fingerprint density at radius 1 is 1.31 bits per heavy atom. The number of benzene rings is 1. The second kappa shape index (κ2) is 3.24. The first kappa shape index (κ1) is 9.23. The largest absolute Gasteiger partial charge is 0.506 e. The van der Waals surface area contributed by atoms with Gasteiger partial charge in [0.2, 0.25) is 0 Å². The highest BCUT2D eigenvalue weighted by Gasteiger charge is 2.10. The van der Waals surface area contributed by atoms with Crippen molar-refractivity contribution in [3.8, 4) is 16.4 Å². The Hall–Kier alpha value is -2.01. The predicted octanol–water partition coefficient (Wildman–Crippen LogP) is 2.84. The molecule has 3 aromatic rings. The summed E-state index contributed by atoms with van der Waals surface area (Å²) in [6.45, 7) is 0. The molecule has 4 nitrogen and oxygen atoms in total. The summed E-state index contributed by atoms with van der Waals surface area (Å²) in [6, 6.07) is 9.02. The number of nitrogens with zero attached hydrogens (tertiary/aromatic N) is 1. The van der Waals surface area contributed by atoms with Crippen LogP contribution in [-0.4, -0.2) is 10.3 Å². The van der Waals surface area contributed by atoms with Crippen LogP contribution >= 0.6 is 11.3 Å². The number of phenols is 1. The number of anilines is 1. The lowest BCUT2D eigenvalue weighted by Gasteiger charge is -1.90. The van der Waals surface area contributed by atoms with Crippen LogP contribution in [0.15, 0.2) is 34.9 Å². The Morgan fingerprint density at radius 3 is 2.88 bits per heavy atom. The second-order valence-electron chi connectivity index (χ2n) is 3.42. The van der Waals surface area contributed by atoms with Gasteiger partial charge in [0, 0.05) is 6.07 Å². The summed E-state index contributed by atoms with van der Waals surface area (Å²) in [7, 11) is 0. The van der Waals surface area contributed by atoms with Gasteiger partial charge in [0.25, 0.3) is 0 Å². The average Bonchev–Trinajstić information content (AvgIpc) is 2.84. The van der Waals surface area contributed by atoms with Crippen LogP contribution in [0.25, 0.3) is 20.7 Å². The van der Waals surface area contributed by atoms with Crippen molar-refractivity contribution in [2.75, 3.05) is 5.73 Å². The van der Waals surface area contributed by atoms with Gasteiger partial charge >= 0.3 is 0 Å². The van der Waals surface area contributed by atoms with Crippen LogP contribution in [0.4, 0.5) is 5.82 Å². The number of hydrogen-bond acceptors (Lipinski definition) is 5. The van der Waals surface area contributed by atoms with E-state index in [1.54, 1.807) is 12.1 Å².